The van der Waals surface area contributed by atoms with Crippen molar-refractivity contribution >= 4 is 32.8 Å². The second-order valence-corrected chi connectivity index (χ2v) is 4.23. The summed E-state index contributed by atoms with van der Waals surface area (Å²) < 4.78 is 5.83. The Kier molecular flexibility index (Phi) is 2.29. The minimum absolute atomic E-state index is 0.320. The van der Waals surface area contributed by atoms with Crippen LogP contribution >= 0.6 is 15.9 Å². The molecule has 6 heteroatoms. The Bertz CT molecular complexity index is 690. The number of benzene rings is 1. The van der Waals surface area contributed by atoms with Gasteiger partial charge in [0.15, 0.2) is 11.6 Å². The molecule has 17 heavy (non-hydrogen) atoms. The largest absolute Gasteiger partial charge is 0.380 e. The molecule has 2 N–H and O–H groups in total. The first-order valence-electron chi connectivity index (χ1n) is 4.88. The summed E-state index contributed by atoms with van der Waals surface area (Å²) in [7, 11) is 0. The molecule has 0 unspecified atom stereocenters. The predicted octanol–water partition coefficient (Wildman–Crippen LogP) is 2.63. The second-order valence-electron chi connectivity index (χ2n) is 3.44. The number of anilines is 1. The number of nitrogen functional groups attached to an aromatic ring is 1. The highest BCUT2D eigenvalue weighted by Gasteiger charge is 2.16. The van der Waals surface area contributed by atoms with Crippen LogP contribution in [-0.4, -0.2) is 15.1 Å². The average Bonchev–Trinajstić information content (AvgIpc) is 2.69. The van der Waals surface area contributed by atoms with Gasteiger partial charge in [-0.05, 0) is 28.1 Å². The van der Waals surface area contributed by atoms with Crippen LogP contribution in [0.4, 0.5) is 5.82 Å². The Hall–Kier alpha value is -1.95. The molecule has 0 spiro atoms. The van der Waals surface area contributed by atoms with Gasteiger partial charge in [-0.25, -0.2) is 0 Å². The topological polar surface area (TPSA) is 77.8 Å². The molecule has 0 bridgehead atoms. The number of nitrogens with two attached hydrogens (primary N) is 1. The van der Waals surface area contributed by atoms with Gasteiger partial charge in [-0.2, -0.15) is 0 Å². The van der Waals surface area contributed by atoms with Crippen molar-refractivity contribution in [1.29, 1.82) is 0 Å². The van der Waals surface area contributed by atoms with E-state index in [1.165, 1.54) is 0 Å². The zero-order valence-electron chi connectivity index (χ0n) is 8.59. The summed E-state index contributed by atoms with van der Waals surface area (Å²) in [4.78, 5) is 8.53. The minimum atomic E-state index is 0.320. The van der Waals surface area contributed by atoms with Crippen LogP contribution in [-0.2, 0) is 0 Å². The maximum absolute atomic E-state index is 5.63. The molecule has 0 amide bonds. The van der Waals surface area contributed by atoms with Gasteiger partial charge < -0.3 is 10.3 Å². The molecule has 3 rings (SSSR count). The standard InChI is InChI=1S/C11H7BrN4O/c12-8-10(17-16-11(8)13)6-2-1-3-7-9(6)15-5-4-14-7/h1-5H,(H2,13,16). The normalized spacial score (nSPS) is 10.9. The van der Waals surface area contributed by atoms with E-state index in [1.54, 1.807) is 12.4 Å². The minimum Gasteiger partial charge on any atom is -0.380 e. The molecule has 0 saturated carbocycles. The van der Waals surface area contributed by atoms with E-state index in [-0.39, 0.29) is 0 Å². The first kappa shape index (κ1) is 10.2. The van der Waals surface area contributed by atoms with Crippen molar-refractivity contribution in [2.75, 3.05) is 5.73 Å². The summed E-state index contributed by atoms with van der Waals surface area (Å²) in [5.41, 5.74) is 8.00. The third-order valence-corrected chi connectivity index (χ3v) is 3.17. The van der Waals surface area contributed by atoms with Crippen molar-refractivity contribution in [2.45, 2.75) is 0 Å². The summed E-state index contributed by atoms with van der Waals surface area (Å²) in [5, 5.41) is 3.71. The maximum atomic E-state index is 5.63. The SMILES string of the molecule is Nc1noc(-c2cccc3nccnc23)c1Br. The van der Waals surface area contributed by atoms with Crippen LogP contribution in [0.3, 0.4) is 0 Å². The molecule has 2 aromatic heterocycles. The molecule has 2 heterocycles. The van der Waals surface area contributed by atoms with Crippen LogP contribution in [0.15, 0.2) is 39.6 Å². The van der Waals surface area contributed by atoms with E-state index in [2.05, 4.69) is 31.1 Å². The number of hydrogen-bond acceptors (Lipinski definition) is 5. The molecule has 0 atom stereocenters. The van der Waals surface area contributed by atoms with Crippen molar-refractivity contribution in [2.24, 2.45) is 0 Å². The Morgan fingerprint density at radius 1 is 1.18 bits per heavy atom. The molecule has 1 aromatic carbocycles. The number of hydrogen-bond donors (Lipinski definition) is 1. The average molecular weight is 291 g/mol. The van der Waals surface area contributed by atoms with Gasteiger partial charge in [-0.15, -0.1) is 0 Å². The molecule has 0 aliphatic carbocycles. The fourth-order valence-corrected chi connectivity index (χ4v) is 1.99. The molecule has 3 aromatic rings. The van der Waals surface area contributed by atoms with E-state index >= 15 is 0 Å². The highest BCUT2D eigenvalue weighted by Crippen LogP contribution is 2.35. The van der Waals surface area contributed by atoms with Crippen LogP contribution in [0, 0.1) is 0 Å². The highest BCUT2D eigenvalue weighted by atomic mass is 79.9. The lowest BCUT2D eigenvalue weighted by Crippen LogP contribution is -1.87. The first-order chi connectivity index (χ1) is 8.27. The molecule has 84 valence electrons. The van der Waals surface area contributed by atoms with E-state index in [0.717, 1.165) is 16.6 Å². The molecule has 0 saturated heterocycles. The summed E-state index contributed by atoms with van der Waals surface area (Å²) >= 11 is 3.34. The van der Waals surface area contributed by atoms with Crippen molar-refractivity contribution in [3.8, 4) is 11.3 Å². The summed E-state index contributed by atoms with van der Waals surface area (Å²) in [6.45, 7) is 0. The van der Waals surface area contributed by atoms with Crippen LogP contribution in [0.2, 0.25) is 0 Å². The summed E-state index contributed by atoms with van der Waals surface area (Å²) in [5.74, 6) is 0.884. The van der Waals surface area contributed by atoms with Gasteiger partial charge in [0.05, 0.1) is 11.0 Å². The maximum Gasteiger partial charge on any atom is 0.185 e. The lowest BCUT2D eigenvalue weighted by Gasteiger charge is -2.01. The van der Waals surface area contributed by atoms with Gasteiger partial charge in [-0.3, -0.25) is 9.97 Å². The third kappa shape index (κ3) is 1.57. The number of aromatic nitrogens is 3. The number of nitrogens with zero attached hydrogens (tertiary/aromatic N) is 3. The van der Waals surface area contributed by atoms with Gasteiger partial charge in [0.25, 0.3) is 0 Å². The van der Waals surface area contributed by atoms with Crippen LogP contribution in [0.25, 0.3) is 22.4 Å². The second kappa shape index (κ2) is 3.81. The molecule has 5 nitrogen and oxygen atoms in total. The lowest BCUT2D eigenvalue weighted by atomic mass is 10.1. The van der Waals surface area contributed by atoms with Crippen molar-refractivity contribution < 1.29 is 4.52 Å². The quantitative estimate of drug-likeness (QED) is 0.745. The number of rotatable bonds is 1. The van der Waals surface area contributed by atoms with Gasteiger partial charge >= 0.3 is 0 Å². The Morgan fingerprint density at radius 2 is 2.00 bits per heavy atom. The fraction of sp³-hybridized carbons (Fsp3) is 0. The monoisotopic (exact) mass is 290 g/mol. The Labute approximate surface area is 105 Å². The van der Waals surface area contributed by atoms with Gasteiger partial charge in [0, 0.05) is 18.0 Å². The van der Waals surface area contributed by atoms with Crippen LogP contribution in [0.5, 0.6) is 0 Å². The fourth-order valence-electron chi connectivity index (χ4n) is 1.63. The number of para-hydroxylation sites is 1. The molecular weight excluding hydrogens is 284 g/mol. The van der Waals surface area contributed by atoms with Crippen LogP contribution < -0.4 is 5.73 Å². The zero-order valence-corrected chi connectivity index (χ0v) is 10.2. The van der Waals surface area contributed by atoms with Crippen molar-refractivity contribution in [1.82, 2.24) is 15.1 Å². The molecule has 0 radical (unpaired) electrons. The predicted molar refractivity (Wildman–Crippen MR) is 67.1 cm³/mol. The van der Waals surface area contributed by atoms with Crippen molar-refractivity contribution in [3.63, 3.8) is 0 Å². The molecule has 0 aliphatic heterocycles. The number of halogens is 1. The van der Waals surface area contributed by atoms with Gasteiger partial charge in [-0.1, -0.05) is 11.2 Å². The van der Waals surface area contributed by atoms with E-state index in [9.17, 15) is 0 Å². The smallest absolute Gasteiger partial charge is 0.185 e. The third-order valence-electron chi connectivity index (χ3n) is 2.40. The Balaban J connectivity index is 2.34. The zero-order chi connectivity index (χ0) is 11.8. The lowest BCUT2D eigenvalue weighted by molar-refractivity contribution is 0.435. The summed E-state index contributed by atoms with van der Waals surface area (Å²) in [6.07, 6.45) is 3.29. The molecular formula is C11H7BrN4O. The van der Waals surface area contributed by atoms with E-state index in [1.807, 2.05) is 18.2 Å². The van der Waals surface area contributed by atoms with E-state index in [4.69, 9.17) is 10.3 Å². The van der Waals surface area contributed by atoms with Crippen LogP contribution in [0.1, 0.15) is 0 Å². The van der Waals surface area contributed by atoms with E-state index < -0.39 is 0 Å². The van der Waals surface area contributed by atoms with Crippen molar-refractivity contribution in [3.05, 3.63) is 35.1 Å². The first-order valence-corrected chi connectivity index (χ1v) is 5.67. The van der Waals surface area contributed by atoms with E-state index in [0.29, 0.717) is 16.1 Å². The van der Waals surface area contributed by atoms with Gasteiger partial charge in [0.2, 0.25) is 0 Å². The molecule has 0 fully saturated rings. The highest BCUT2D eigenvalue weighted by molar-refractivity contribution is 9.10. The Morgan fingerprint density at radius 3 is 2.76 bits per heavy atom. The summed E-state index contributed by atoms with van der Waals surface area (Å²) in [6, 6.07) is 5.67. The number of fused-ring (bicyclic) bond motifs is 1. The van der Waals surface area contributed by atoms with Gasteiger partial charge in [0.1, 0.15) is 4.47 Å². The molecule has 0 aliphatic rings.